The standard InChI is InChI=1S/C17H18N4/c1-2-12-7-5-9-19-16(12)17(21-18)14-10-13-6-3-4-8-15(13)20-11-14/h3-11,17,21H,2,18H2,1H3. The van der Waals surface area contributed by atoms with Gasteiger partial charge in [0.2, 0.25) is 0 Å². The number of aryl methyl sites for hydroxylation is 1. The van der Waals surface area contributed by atoms with E-state index in [9.17, 15) is 0 Å². The molecule has 2 heterocycles. The first kappa shape index (κ1) is 13.7. The third-order valence-corrected chi connectivity index (χ3v) is 3.69. The Morgan fingerprint density at radius 3 is 2.81 bits per heavy atom. The summed E-state index contributed by atoms with van der Waals surface area (Å²) < 4.78 is 0. The van der Waals surface area contributed by atoms with Crippen LogP contribution in [0.15, 0.2) is 54.9 Å². The van der Waals surface area contributed by atoms with Gasteiger partial charge in [0.15, 0.2) is 0 Å². The molecule has 0 saturated carbocycles. The summed E-state index contributed by atoms with van der Waals surface area (Å²) in [5.41, 5.74) is 7.02. The highest BCUT2D eigenvalue weighted by Gasteiger charge is 2.17. The van der Waals surface area contributed by atoms with E-state index in [4.69, 9.17) is 5.84 Å². The van der Waals surface area contributed by atoms with Crippen LogP contribution in [-0.2, 0) is 6.42 Å². The van der Waals surface area contributed by atoms with Crippen LogP contribution in [0, 0.1) is 0 Å². The lowest BCUT2D eigenvalue weighted by Crippen LogP contribution is -2.30. The molecule has 0 spiro atoms. The van der Waals surface area contributed by atoms with Crippen LogP contribution >= 0.6 is 0 Å². The minimum atomic E-state index is -0.154. The Morgan fingerprint density at radius 1 is 1.14 bits per heavy atom. The zero-order valence-electron chi connectivity index (χ0n) is 12.0. The largest absolute Gasteiger partial charge is 0.271 e. The van der Waals surface area contributed by atoms with Gasteiger partial charge in [-0.05, 0) is 35.7 Å². The topological polar surface area (TPSA) is 63.8 Å². The number of pyridine rings is 2. The predicted octanol–water partition coefficient (Wildman–Crippen LogP) is 2.74. The molecule has 21 heavy (non-hydrogen) atoms. The van der Waals surface area contributed by atoms with Gasteiger partial charge in [-0.3, -0.25) is 15.8 Å². The highest BCUT2D eigenvalue weighted by atomic mass is 15.2. The van der Waals surface area contributed by atoms with Gasteiger partial charge in [-0.15, -0.1) is 0 Å². The second kappa shape index (κ2) is 5.99. The molecule has 1 aromatic carbocycles. The van der Waals surface area contributed by atoms with Crippen molar-refractivity contribution in [1.29, 1.82) is 0 Å². The van der Waals surface area contributed by atoms with Gasteiger partial charge in [-0.25, -0.2) is 5.43 Å². The molecule has 4 nitrogen and oxygen atoms in total. The van der Waals surface area contributed by atoms with Crippen molar-refractivity contribution >= 4 is 10.9 Å². The summed E-state index contributed by atoms with van der Waals surface area (Å²) in [7, 11) is 0. The molecule has 106 valence electrons. The third-order valence-electron chi connectivity index (χ3n) is 3.69. The lowest BCUT2D eigenvalue weighted by Gasteiger charge is -2.18. The Morgan fingerprint density at radius 2 is 2.00 bits per heavy atom. The third kappa shape index (κ3) is 2.63. The summed E-state index contributed by atoms with van der Waals surface area (Å²) in [4.78, 5) is 9.01. The van der Waals surface area contributed by atoms with Crippen LogP contribution in [0.25, 0.3) is 10.9 Å². The van der Waals surface area contributed by atoms with Gasteiger partial charge in [0.25, 0.3) is 0 Å². The van der Waals surface area contributed by atoms with Crippen molar-refractivity contribution in [2.45, 2.75) is 19.4 Å². The minimum absolute atomic E-state index is 0.154. The number of nitrogens with one attached hydrogen (secondary N) is 1. The average Bonchev–Trinajstić information content (AvgIpc) is 2.56. The van der Waals surface area contributed by atoms with E-state index in [0.717, 1.165) is 28.6 Å². The number of para-hydroxylation sites is 1. The predicted molar refractivity (Wildman–Crippen MR) is 84.5 cm³/mol. The van der Waals surface area contributed by atoms with Gasteiger partial charge in [0.05, 0.1) is 17.3 Å². The molecular weight excluding hydrogens is 260 g/mol. The van der Waals surface area contributed by atoms with Crippen molar-refractivity contribution in [3.8, 4) is 0 Å². The molecular formula is C17H18N4. The fourth-order valence-electron chi connectivity index (χ4n) is 2.59. The van der Waals surface area contributed by atoms with Gasteiger partial charge < -0.3 is 0 Å². The van der Waals surface area contributed by atoms with Crippen LogP contribution in [0.4, 0.5) is 0 Å². The Balaban J connectivity index is 2.09. The van der Waals surface area contributed by atoms with E-state index < -0.39 is 0 Å². The molecule has 3 N–H and O–H groups in total. The Hall–Kier alpha value is -2.30. The number of nitrogens with two attached hydrogens (primary N) is 1. The number of aromatic nitrogens is 2. The molecule has 0 aliphatic rings. The van der Waals surface area contributed by atoms with Crippen molar-refractivity contribution in [3.05, 3.63) is 71.7 Å². The smallest absolute Gasteiger partial charge is 0.0899 e. The van der Waals surface area contributed by atoms with Gasteiger partial charge >= 0.3 is 0 Å². The molecule has 0 radical (unpaired) electrons. The summed E-state index contributed by atoms with van der Waals surface area (Å²) in [6, 6.07) is 14.0. The molecule has 1 atom stereocenters. The van der Waals surface area contributed by atoms with E-state index in [2.05, 4.69) is 40.5 Å². The molecule has 0 bridgehead atoms. The van der Waals surface area contributed by atoms with Gasteiger partial charge in [-0.1, -0.05) is 31.2 Å². The van der Waals surface area contributed by atoms with E-state index in [0.29, 0.717) is 0 Å². The first-order valence-corrected chi connectivity index (χ1v) is 7.08. The van der Waals surface area contributed by atoms with Crippen LogP contribution in [0.5, 0.6) is 0 Å². The second-order valence-electron chi connectivity index (χ2n) is 4.96. The van der Waals surface area contributed by atoms with E-state index >= 15 is 0 Å². The Bertz CT molecular complexity index is 754. The molecule has 0 aliphatic carbocycles. The SMILES string of the molecule is CCc1cccnc1C(NN)c1cnc2ccccc2c1. The number of nitrogens with zero attached hydrogens (tertiary/aromatic N) is 2. The maximum absolute atomic E-state index is 5.79. The molecule has 0 fully saturated rings. The number of hydrazine groups is 1. The van der Waals surface area contributed by atoms with Crippen LogP contribution in [0.2, 0.25) is 0 Å². The number of benzene rings is 1. The zero-order valence-corrected chi connectivity index (χ0v) is 12.0. The quantitative estimate of drug-likeness (QED) is 0.569. The summed E-state index contributed by atoms with van der Waals surface area (Å²) in [6.45, 7) is 2.12. The van der Waals surface area contributed by atoms with Crippen molar-refractivity contribution in [2.75, 3.05) is 0 Å². The van der Waals surface area contributed by atoms with E-state index in [-0.39, 0.29) is 6.04 Å². The fraction of sp³-hybridized carbons (Fsp3) is 0.176. The van der Waals surface area contributed by atoms with Crippen LogP contribution in [-0.4, -0.2) is 9.97 Å². The first-order chi connectivity index (χ1) is 10.3. The van der Waals surface area contributed by atoms with Gasteiger partial charge in [0, 0.05) is 17.8 Å². The molecule has 1 unspecified atom stereocenters. The Labute approximate surface area is 124 Å². The molecule has 2 aromatic heterocycles. The van der Waals surface area contributed by atoms with Crippen LogP contribution in [0.1, 0.15) is 29.8 Å². The molecule has 0 amide bonds. The maximum atomic E-state index is 5.79. The first-order valence-electron chi connectivity index (χ1n) is 7.08. The molecule has 3 aromatic rings. The fourth-order valence-corrected chi connectivity index (χ4v) is 2.59. The van der Waals surface area contributed by atoms with Crippen molar-refractivity contribution in [2.24, 2.45) is 5.84 Å². The number of fused-ring (bicyclic) bond motifs is 1. The van der Waals surface area contributed by atoms with Crippen LogP contribution in [0.3, 0.4) is 0 Å². The second-order valence-corrected chi connectivity index (χ2v) is 4.96. The van der Waals surface area contributed by atoms with E-state index in [1.165, 1.54) is 5.56 Å². The lowest BCUT2D eigenvalue weighted by molar-refractivity contribution is 0.613. The number of hydrogen-bond acceptors (Lipinski definition) is 4. The summed E-state index contributed by atoms with van der Waals surface area (Å²) in [5, 5.41) is 1.10. The van der Waals surface area contributed by atoms with Gasteiger partial charge in [0.1, 0.15) is 0 Å². The molecule has 0 saturated heterocycles. The van der Waals surface area contributed by atoms with E-state index in [1.54, 1.807) is 6.20 Å². The number of hydrogen-bond donors (Lipinski definition) is 2. The van der Waals surface area contributed by atoms with Gasteiger partial charge in [-0.2, -0.15) is 0 Å². The van der Waals surface area contributed by atoms with Crippen molar-refractivity contribution in [3.63, 3.8) is 0 Å². The zero-order chi connectivity index (χ0) is 14.7. The molecule has 0 aliphatic heterocycles. The molecule has 4 heteroatoms. The summed E-state index contributed by atoms with van der Waals surface area (Å²) in [6.07, 6.45) is 4.58. The maximum Gasteiger partial charge on any atom is 0.0899 e. The van der Waals surface area contributed by atoms with Crippen LogP contribution < -0.4 is 11.3 Å². The minimum Gasteiger partial charge on any atom is -0.271 e. The average molecular weight is 278 g/mol. The number of rotatable bonds is 4. The molecule has 3 rings (SSSR count). The summed E-state index contributed by atoms with van der Waals surface area (Å²) >= 11 is 0. The normalized spacial score (nSPS) is 12.5. The lowest BCUT2D eigenvalue weighted by atomic mass is 9.99. The van der Waals surface area contributed by atoms with E-state index in [1.807, 2.05) is 30.5 Å². The highest BCUT2D eigenvalue weighted by Crippen LogP contribution is 2.24. The van der Waals surface area contributed by atoms with Crippen molar-refractivity contribution < 1.29 is 0 Å². The monoisotopic (exact) mass is 278 g/mol. The Kier molecular flexibility index (Phi) is 3.90. The van der Waals surface area contributed by atoms with Crippen molar-refractivity contribution in [1.82, 2.24) is 15.4 Å². The highest BCUT2D eigenvalue weighted by molar-refractivity contribution is 5.78. The summed E-state index contributed by atoms with van der Waals surface area (Å²) in [5.74, 6) is 5.79.